The van der Waals surface area contributed by atoms with Crippen LogP contribution in [0.3, 0.4) is 0 Å². The zero-order chi connectivity index (χ0) is 10.2. The first-order chi connectivity index (χ1) is 6.59. The molecule has 3 nitrogen and oxygen atoms in total. The monoisotopic (exact) mass is 198 g/mol. The van der Waals surface area contributed by atoms with Crippen LogP contribution >= 0.6 is 0 Å². The first-order valence-electron chi connectivity index (χ1n) is 5.69. The largest absolute Gasteiger partial charge is 0.368 e. The highest BCUT2D eigenvalue weighted by Crippen LogP contribution is 2.31. The number of ether oxygens (including phenoxy) is 1. The minimum atomic E-state index is -0.0167. The molecule has 0 amide bonds. The van der Waals surface area contributed by atoms with Crippen LogP contribution in [0, 0.1) is 5.92 Å². The van der Waals surface area contributed by atoms with Gasteiger partial charge in [-0.15, -0.1) is 0 Å². The van der Waals surface area contributed by atoms with Crippen molar-refractivity contribution in [2.45, 2.75) is 38.4 Å². The van der Waals surface area contributed by atoms with Crippen LogP contribution in [0.1, 0.15) is 26.7 Å². The molecule has 2 aliphatic rings. The Labute approximate surface area is 86.6 Å². The van der Waals surface area contributed by atoms with Crippen molar-refractivity contribution in [1.82, 2.24) is 4.90 Å². The Bertz CT molecular complexity index is 201. The van der Waals surface area contributed by atoms with Gasteiger partial charge in [0.2, 0.25) is 0 Å². The van der Waals surface area contributed by atoms with Gasteiger partial charge in [0.05, 0.1) is 11.7 Å². The molecule has 0 radical (unpaired) electrons. The molecule has 1 saturated carbocycles. The third-order valence-corrected chi connectivity index (χ3v) is 3.03. The van der Waals surface area contributed by atoms with Crippen molar-refractivity contribution >= 4 is 0 Å². The molecule has 1 aliphatic heterocycles. The topological polar surface area (TPSA) is 38.5 Å². The Balaban J connectivity index is 1.89. The summed E-state index contributed by atoms with van der Waals surface area (Å²) in [6.45, 7) is 8.30. The zero-order valence-electron chi connectivity index (χ0n) is 9.33. The van der Waals surface area contributed by atoms with E-state index in [2.05, 4.69) is 18.7 Å². The van der Waals surface area contributed by atoms with E-state index in [0.29, 0.717) is 6.54 Å². The van der Waals surface area contributed by atoms with Crippen molar-refractivity contribution in [2.24, 2.45) is 11.7 Å². The maximum absolute atomic E-state index is 5.89. The average Bonchev–Trinajstić information content (AvgIpc) is 2.85. The molecule has 2 fully saturated rings. The van der Waals surface area contributed by atoms with Crippen LogP contribution in [0.4, 0.5) is 0 Å². The third-order valence-electron chi connectivity index (χ3n) is 3.03. The van der Waals surface area contributed by atoms with Crippen LogP contribution in [0.25, 0.3) is 0 Å². The fraction of sp³-hybridized carbons (Fsp3) is 1.00. The predicted molar refractivity (Wildman–Crippen MR) is 57.2 cm³/mol. The van der Waals surface area contributed by atoms with E-state index in [0.717, 1.165) is 19.0 Å². The lowest BCUT2D eigenvalue weighted by Crippen LogP contribution is -2.55. The Morgan fingerprint density at radius 3 is 2.71 bits per heavy atom. The molecule has 14 heavy (non-hydrogen) atoms. The highest BCUT2D eigenvalue weighted by atomic mass is 16.5. The normalized spacial score (nSPS) is 33.2. The second kappa shape index (κ2) is 3.80. The van der Waals surface area contributed by atoms with Gasteiger partial charge in [-0.05, 0) is 32.6 Å². The predicted octanol–water partition coefficient (Wildman–Crippen LogP) is 0.835. The van der Waals surface area contributed by atoms with Crippen molar-refractivity contribution in [2.75, 3.05) is 26.2 Å². The van der Waals surface area contributed by atoms with Crippen LogP contribution in [0.15, 0.2) is 0 Å². The summed E-state index contributed by atoms with van der Waals surface area (Å²) in [7, 11) is 0. The van der Waals surface area contributed by atoms with E-state index >= 15 is 0 Å². The molecule has 0 spiro atoms. The molecule has 1 atom stereocenters. The van der Waals surface area contributed by atoms with Crippen LogP contribution < -0.4 is 5.73 Å². The van der Waals surface area contributed by atoms with Gasteiger partial charge in [-0.25, -0.2) is 0 Å². The quantitative estimate of drug-likeness (QED) is 0.730. The van der Waals surface area contributed by atoms with Gasteiger partial charge < -0.3 is 10.5 Å². The number of hydrogen-bond acceptors (Lipinski definition) is 3. The molecule has 2 N–H and O–H groups in total. The molecule has 3 heteroatoms. The highest BCUT2D eigenvalue weighted by Gasteiger charge is 2.35. The molecule has 0 aromatic rings. The van der Waals surface area contributed by atoms with E-state index in [1.807, 2.05) is 0 Å². The Kier molecular flexibility index (Phi) is 2.82. The van der Waals surface area contributed by atoms with Gasteiger partial charge in [0.1, 0.15) is 0 Å². The van der Waals surface area contributed by atoms with Crippen molar-refractivity contribution in [3.63, 3.8) is 0 Å². The molecule has 1 unspecified atom stereocenters. The standard InChI is InChI=1S/C11H22N2O/c1-11(2)8-13(6-9-3-4-9)7-10(5-12)14-11/h9-10H,3-8,12H2,1-2H3. The van der Waals surface area contributed by atoms with Crippen LogP contribution in [-0.4, -0.2) is 42.8 Å². The first-order valence-corrected chi connectivity index (χ1v) is 5.69. The fourth-order valence-electron chi connectivity index (χ4n) is 2.34. The smallest absolute Gasteiger partial charge is 0.0831 e. The third kappa shape index (κ3) is 2.69. The summed E-state index contributed by atoms with van der Waals surface area (Å²) in [6.07, 6.45) is 3.08. The van der Waals surface area contributed by atoms with Crippen LogP contribution in [-0.2, 0) is 4.74 Å². The second-order valence-corrected chi connectivity index (χ2v) is 5.37. The molecule has 1 aliphatic carbocycles. The average molecular weight is 198 g/mol. The van der Waals surface area contributed by atoms with E-state index < -0.39 is 0 Å². The van der Waals surface area contributed by atoms with Gasteiger partial charge in [-0.2, -0.15) is 0 Å². The summed E-state index contributed by atoms with van der Waals surface area (Å²) in [5.74, 6) is 0.960. The number of rotatable bonds is 3. The van der Waals surface area contributed by atoms with Crippen molar-refractivity contribution in [3.05, 3.63) is 0 Å². The SMILES string of the molecule is CC1(C)CN(CC2CC2)CC(CN)O1. The first kappa shape index (κ1) is 10.4. The minimum absolute atomic E-state index is 0.0167. The molecule has 2 rings (SSSR count). The molecular weight excluding hydrogens is 176 g/mol. The molecule has 1 heterocycles. The van der Waals surface area contributed by atoms with Gasteiger partial charge >= 0.3 is 0 Å². The Hall–Kier alpha value is -0.120. The van der Waals surface area contributed by atoms with Crippen LogP contribution in [0.2, 0.25) is 0 Å². The number of morpholine rings is 1. The highest BCUT2D eigenvalue weighted by molar-refractivity contribution is 4.87. The maximum Gasteiger partial charge on any atom is 0.0831 e. The maximum atomic E-state index is 5.89. The molecule has 1 saturated heterocycles. The van der Waals surface area contributed by atoms with E-state index in [-0.39, 0.29) is 11.7 Å². The molecular formula is C11H22N2O. The van der Waals surface area contributed by atoms with E-state index in [4.69, 9.17) is 10.5 Å². The lowest BCUT2D eigenvalue weighted by atomic mass is 10.0. The second-order valence-electron chi connectivity index (χ2n) is 5.37. The van der Waals surface area contributed by atoms with Gasteiger partial charge in [0, 0.05) is 26.2 Å². The summed E-state index contributed by atoms with van der Waals surface area (Å²) in [5, 5.41) is 0. The van der Waals surface area contributed by atoms with Crippen molar-refractivity contribution in [3.8, 4) is 0 Å². The molecule has 0 bridgehead atoms. The fourth-order valence-corrected chi connectivity index (χ4v) is 2.34. The number of nitrogens with two attached hydrogens (primary N) is 1. The number of nitrogens with zero attached hydrogens (tertiary/aromatic N) is 1. The Morgan fingerprint density at radius 2 is 2.14 bits per heavy atom. The van der Waals surface area contributed by atoms with Crippen molar-refractivity contribution in [1.29, 1.82) is 0 Å². The van der Waals surface area contributed by atoms with Gasteiger partial charge in [-0.1, -0.05) is 0 Å². The van der Waals surface area contributed by atoms with Gasteiger partial charge in [-0.3, -0.25) is 4.90 Å². The summed E-state index contributed by atoms with van der Waals surface area (Å²) in [4.78, 5) is 2.53. The summed E-state index contributed by atoms with van der Waals surface area (Å²) >= 11 is 0. The van der Waals surface area contributed by atoms with E-state index in [1.165, 1.54) is 19.4 Å². The molecule has 0 aromatic heterocycles. The Morgan fingerprint density at radius 1 is 1.43 bits per heavy atom. The molecule has 82 valence electrons. The van der Waals surface area contributed by atoms with Gasteiger partial charge in [0.15, 0.2) is 0 Å². The van der Waals surface area contributed by atoms with E-state index in [1.54, 1.807) is 0 Å². The van der Waals surface area contributed by atoms with E-state index in [9.17, 15) is 0 Å². The van der Waals surface area contributed by atoms with Gasteiger partial charge in [0.25, 0.3) is 0 Å². The lowest BCUT2D eigenvalue weighted by molar-refractivity contribution is -0.132. The zero-order valence-corrected chi connectivity index (χ0v) is 9.33. The molecule has 0 aromatic carbocycles. The lowest BCUT2D eigenvalue weighted by Gasteiger charge is -2.42. The summed E-state index contributed by atoms with van der Waals surface area (Å²) < 4.78 is 5.89. The summed E-state index contributed by atoms with van der Waals surface area (Å²) in [5.41, 5.74) is 5.66. The minimum Gasteiger partial charge on any atom is -0.368 e. The van der Waals surface area contributed by atoms with Crippen LogP contribution in [0.5, 0.6) is 0 Å². The number of hydrogen-bond donors (Lipinski definition) is 1. The van der Waals surface area contributed by atoms with Crippen molar-refractivity contribution < 1.29 is 4.74 Å². The summed E-state index contributed by atoms with van der Waals surface area (Å²) in [6, 6.07) is 0.